The predicted molar refractivity (Wildman–Crippen MR) is 57.4 cm³/mol. The molecule has 0 heterocycles. The molecule has 0 bridgehead atoms. The minimum absolute atomic E-state index is 0.480. The lowest BCUT2D eigenvalue weighted by atomic mass is 9.96. The summed E-state index contributed by atoms with van der Waals surface area (Å²) in [6.07, 6.45) is 0. The van der Waals surface area contributed by atoms with Crippen LogP contribution in [0.4, 0.5) is 0 Å². The highest BCUT2D eigenvalue weighted by Gasteiger charge is 2.24. The van der Waals surface area contributed by atoms with Crippen molar-refractivity contribution in [2.24, 2.45) is 11.5 Å². The van der Waals surface area contributed by atoms with Crippen LogP contribution in [0, 0.1) is 0 Å². The zero-order valence-electron chi connectivity index (χ0n) is 8.84. The topological polar surface area (TPSA) is 161 Å². The number of carboxylic acid groups (broad SMARTS) is 2. The molecule has 2 amide bonds. The smallest absolute Gasteiger partial charge is 0.336 e. The van der Waals surface area contributed by atoms with Crippen LogP contribution in [0.5, 0.6) is 0 Å². The normalized spacial score (nSPS) is 9.78. The second kappa shape index (κ2) is 4.53. The molecule has 0 atom stereocenters. The number of benzene rings is 1. The van der Waals surface area contributed by atoms with E-state index in [0.29, 0.717) is 0 Å². The highest BCUT2D eigenvalue weighted by Crippen LogP contribution is 2.18. The molecule has 0 saturated carbocycles. The molecule has 1 rings (SSSR count). The number of primary amides is 2. The van der Waals surface area contributed by atoms with Gasteiger partial charge in [0.15, 0.2) is 0 Å². The fourth-order valence-electron chi connectivity index (χ4n) is 1.39. The Morgan fingerprint density at radius 1 is 0.833 bits per heavy atom. The first-order valence-electron chi connectivity index (χ1n) is 4.50. The van der Waals surface area contributed by atoms with Gasteiger partial charge < -0.3 is 21.7 Å². The Kier molecular flexibility index (Phi) is 3.32. The van der Waals surface area contributed by atoms with Crippen molar-refractivity contribution >= 4 is 23.8 Å². The van der Waals surface area contributed by atoms with Crippen LogP contribution < -0.4 is 11.5 Å². The maximum Gasteiger partial charge on any atom is 0.336 e. The van der Waals surface area contributed by atoms with Crippen molar-refractivity contribution in [1.29, 1.82) is 0 Å². The molecule has 8 nitrogen and oxygen atoms in total. The summed E-state index contributed by atoms with van der Waals surface area (Å²) in [5, 5.41) is 17.6. The van der Waals surface area contributed by atoms with Gasteiger partial charge in [-0.15, -0.1) is 0 Å². The Labute approximate surface area is 99.8 Å². The average Bonchev–Trinajstić information content (AvgIpc) is 2.26. The van der Waals surface area contributed by atoms with Crippen LogP contribution in [0.2, 0.25) is 0 Å². The van der Waals surface area contributed by atoms with Gasteiger partial charge in [0.25, 0.3) is 0 Å². The van der Waals surface area contributed by atoms with E-state index >= 15 is 0 Å². The van der Waals surface area contributed by atoms with Gasteiger partial charge in [-0.2, -0.15) is 0 Å². The first-order chi connectivity index (χ1) is 8.25. The fourth-order valence-corrected chi connectivity index (χ4v) is 1.39. The van der Waals surface area contributed by atoms with E-state index in [1.54, 1.807) is 0 Å². The monoisotopic (exact) mass is 252 g/mol. The Morgan fingerprint density at radius 3 is 1.67 bits per heavy atom. The van der Waals surface area contributed by atoms with Crippen molar-refractivity contribution in [3.8, 4) is 0 Å². The van der Waals surface area contributed by atoms with Gasteiger partial charge in [0.05, 0.1) is 22.3 Å². The first kappa shape index (κ1) is 13.2. The molecule has 0 saturated heterocycles. The number of carbonyl (C=O) groups excluding carboxylic acids is 2. The van der Waals surface area contributed by atoms with Gasteiger partial charge in [0, 0.05) is 0 Å². The number of carboxylic acids is 2. The Balaban J connectivity index is 3.76. The van der Waals surface area contributed by atoms with Gasteiger partial charge in [-0.05, 0) is 12.1 Å². The molecule has 0 aliphatic carbocycles. The number of hydrogen-bond donors (Lipinski definition) is 4. The summed E-state index contributed by atoms with van der Waals surface area (Å²) < 4.78 is 0. The van der Waals surface area contributed by atoms with Gasteiger partial charge in [-0.3, -0.25) is 9.59 Å². The van der Waals surface area contributed by atoms with E-state index in [-0.39, 0.29) is 0 Å². The lowest BCUT2D eigenvalue weighted by Gasteiger charge is -2.08. The molecular weight excluding hydrogens is 244 g/mol. The fraction of sp³-hybridized carbons (Fsp3) is 0. The van der Waals surface area contributed by atoms with E-state index in [2.05, 4.69) is 0 Å². The zero-order valence-corrected chi connectivity index (χ0v) is 8.84. The molecule has 8 heteroatoms. The van der Waals surface area contributed by atoms with Gasteiger partial charge in [0.1, 0.15) is 0 Å². The van der Waals surface area contributed by atoms with E-state index in [1.165, 1.54) is 0 Å². The Morgan fingerprint density at radius 2 is 1.33 bits per heavy atom. The standard InChI is InChI=1S/C10H8N2O6/c11-7(13)4-1-3(9(15)16)2-5(10(17)18)6(4)8(12)14/h1-2H,(H2,11,13)(H2,12,14)(H,15,16)(H,17,18). The van der Waals surface area contributed by atoms with Crippen LogP contribution in [0.1, 0.15) is 41.4 Å². The Bertz CT molecular complexity index is 543. The van der Waals surface area contributed by atoms with Crippen LogP contribution in [-0.4, -0.2) is 34.0 Å². The second-order valence-electron chi connectivity index (χ2n) is 3.29. The third-order valence-electron chi connectivity index (χ3n) is 2.13. The van der Waals surface area contributed by atoms with Gasteiger partial charge in [-0.25, -0.2) is 9.59 Å². The van der Waals surface area contributed by atoms with E-state index in [0.717, 1.165) is 12.1 Å². The van der Waals surface area contributed by atoms with E-state index in [1.807, 2.05) is 0 Å². The molecular formula is C10H8N2O6. The van der Waals surface area contributed by atoms with Gasteiger partial charge in [0.2, 0.25) is 11.8 Å². The highest BCUT2D eigenvalue weighted by atomic mass is 16.4. The molecule has 6 N–H and O–H groups in total. The molecule has 1 aromatic carbocycles. The molecule has 0 unspecified atom stereocenters. The van der Waals surface area contributed by atoms with Gasteiger partial charge in [-0.1, -0.05) is 0 Å². The second-order valence-corrected chi connectivity index (χ2v) is 3.29. The van der Waals surface area contributed by atoms with Crippen LogP contribution in [-0.2, 0) is 0 Å². The third kappa shape index (κ3) is 2.26. The number of hydrogen-bond acceptors (Lipinski definition) is 4. The predicted octanol–water partition coefficient (Wildman–Crippen LogP) is -0.719. The summed E-state index contributed by atoms with van der Waals surface area (Å²) in [4.78, 5) is 43.9. The molecule has 0 aliphatic heterocycles. The molecule has 18 heavy (non-hydrogen) atoms. The molecule has 0 aliphatic rings. The summed E-state index contributed by atoms with van der Waals surface area (Å²) >= 11 is 0. The quantitative estimate of drug-likeness (QED) is 0.552. The lowest BCUT2D eigenvalue weighted by molar-refractivity contribution is 0.0692. The number of aromatic carboxylic acids is 2. The van der Waals surface area contributed by atoms with Crippen molar-refractivity contribution in [1.82, 2.24) is 0 Å². The number of carbonyl (C=O) groups is 4. The maximum atomic E-state index is 11.1. The number of rotatable bonds is 4. The average molecular weight is 252 g/mol. The van der Waals surface area contributed by atoms with E-state index in [9.17, 15) is 19.2 Å². The number of amides is 2. The molecule has 0 spiro atoms. The molecule has 1 aromatic rings. The maximum absolute atomic E-state index is 11.1. The minimum Gasteiger partial charge on any atom is -0.478 e. The highest BCUT2D eigenvalue weighted by molar-refractivity contribution is 6.13. The summed E-state index contributed by atoms with van der Waals surface area (Å²) in [5.41, 5.74) is 7.60. The molecule has 94 valence electrons. The summed E-state index contributed by atoms with van der Waals surface area (Å²) in [6.45, 7) is 0. The van der Waals surface area contributed by atoms with Crippen molar-refractivity contribution in [2.45, 2.75) is 0 Å². The molecule has 0 fully saturated rings. The third-order valence-corrected chi connectivity index (χ3v) is 2.13. The van der Waals surface area contributed by atoms with Crippen molar-refractivity contribution in [3.63, 3.8) is 0 Å². The van der Waals surface area contributed by atoms with Crippen LogP contribution in [0.15, 0.2) is 12.1 Å². The lowest BCUT2D eigenvalue weighted by Crippen LogP contribution is -2.25. The zero-order chi connectivity index (χ0) is 14.0. The summed E-state index contributed by atoms with van der Waals surface area (Å²) in [5.74, 6) is -5.38. The van der Waals surface area contributed by atoms with Crippen molar-refractivity contribution in [3.05, 3.63) is 34.4 Å². The largest absolute Gasteiger partial charge is 0.478 e. The van der Waals surface area contributed by atoms with Crippen LogP contribution in [0.3, 0.4) is 0 Å². The van der Waals surface area contributed by atoms with Crippen LogP contribution in [0.25, 0.3) is 0 Å². The molecule has 0 radical (unpaired) electrons. The van der Waals surface area contributed by atoms with E-state index < -0.39 is 46.0 Å². The Hall–Kier alpha value is -2.90. The first-order valence-corrected chi connectivity index (χ1v) is 4.50. The number of nitrogens with two attached hydrogens (primary N) is 2. The molecule has 0 aromatic heterocycles. The van der Waals surface area contributed by atoms with Gasteiger partial charge >= 0.3 is 11.9 Å². The minimum atomic E-state index is -1.59. The summed E-state index contributed by atoms with van der Waals surface area (Å²) in [7, 11) is 0. The van der Waals surface area contributed by atoms with Crippen LogP contribution >= 0.6 is 0 Å². The SMILES string of the molecule is NC(=O)c1cc(C(=O)O)cc(C(=O)O)c1C(N)=O. The summed E-state index contributed by atoms with van der Waals surface area (Å²) in [6, 6.07) is 1.54. The van der Waals surface area contributed by atoms with E-state index in [4.69, 9.17) is 21.7 Å². The van der Waals surface area contributed by atoms with Crippen molar-refractivity contribution < 1.29 is 29.4 Å². The van der Waals surface area contributed by atoms with Crippen molar-refractivity contribution in [2.75, 3.05) is 0 Å².